The fraction of sp³-hybridized carbons (Fsp3) is 0.174. The molecule has 0 saturated carbocycles. The van der Waals surface area contributed by atoms with E-state index in [4.69, 9.17) is 11.6 Å². The fourth-order valence-electron chi connectivity index (χ4n) is 3.09. The average molecular weight is 443 g/mol. The summed E-state index contributed by atoms with van der Waals surface area (Å²) in [6.45, 7) is 1.83. The number of amides is 1. The highest BCUT2D eigenvalue weighted by molar-refractivity contribution is 7.92. The van der Waals surface area contributed by atoms with E-state index < -0.39 is 15.9 Å². The number of nitrogens with zero attached hydrogens (tertiary/aromatic N) is 1. The number of sulfonamides is 1. The third-order valence-electron chi connectivity index (χ3n) is 4.69. The van der Waals surface area contributed by atoms with Gasteiger partial charge in [-0.05, 0) is 41.8 Å². The van der Waals surface area contributed by atoms with Gasteiger partial charge in [0.05, 0.1) is 10.6 Å². The minimum Gasteiger partial charge on any atom is -0.350 e. The monoisotopic (exact) mass is 442 g/mol. The second-order valence-electron chi connectivity index (χ2n) is 6.68. The van der Waals surface area contributed by atoms with E-state index in [0.29, 0.717) is 17.1 Å². The van der Waals surface area contributed by atoms with Crippen LogP contribution < -0.4 is 9.62 Å². The first-order valence-electron chi connectivity index (χ1n) is 9.59. The topological polar surface area (TPSA) is 66.5 Å². The van der Waals surface area contributed by atoms with Gasteiger partial charge in [0.2, 0.25) is 5.91 Å². The van der Waals surface area contributed by atoms with Crippen LogP contribution in [0.1, 0.15) is 18.1 Å². The number of benzene rings is 3. The van der Waals surface area contributed by atoms with E-state index in [1.165, 1.54) is 16.4 Å². The zero-order chi connectivity index (χ0) is 21.6. The SMILES string of the molecule is CCc1ccccc1N(CC(=O)NCc1ccccc1Cl)S(=O)(=O)c1ccccc1. The predicted octanol–water partition coefficient (Wildman–Crippen LogP) is 4.41. The van der Waals surface area contributed by atoms with E-state index in [0.717, 1.165) is 11.1 Å². The van der Waals surface area contributed by atoms with Crippen molar-refractivity contribution in [3.63, 3.8) is 0 Å². The van der Waals surface area contributed by atoms with Gasteiger partial charge in [0, 0.05) is 11.6 Å². The summed E-state index contributed by atoms with van der Waals surface area (Å²) in [4.78, 5) is 12.9. The van der Waals surface area contributed by atoms with Crippen molar-refractivity contribution < 1.29 is 13.2 Å². The predicted molar refractivity (Wildman–Crippen MR) is 120 cm³/mol. The molecule has 3 aromatic rings. The Labute approximate surface area is 182 Å². The van der Waals surface area contributed by atoms with E-state index in [9.17, 15) is 13.2 Å². The van der Waals surface area contributed by atoms with E-state index in [1.807, 2.05) is 37.3 Å². The quantitative estimate of drug-likeness (QED) is 0.561. The van der Waals surface area contributed by atoms with Crippen molar-refractivity contribution in [2.45, 2.75) is 24.8 Å². The highest BCUT2D eigenvalue weighted by atomic mass is 35.5. The molecule has 0 aliphatic rings. The molecule has 0 atom stereocenters. The van der Waals surface area contributed by atoms with Crippen LogP contribution in [0.2, 0.25) is 5.02 Å². The Morgan fingerprint density at radius 1 is 0.900 bits per heavy atom. The van der Waals surface area contributed by atoms with Crippen molar-refractivity contribution in [3.8, 4) is 0 Å². The molecule has 0 saturated heterocycles. The molecule has 0 heterocycles. The second-order valence-corrected chi connectivity index (χ2v) is 8.94. The summed E-state index contributed by atoms with van der Waals surface area (Å²) < 4.78 is 27.9. The first-order valence-corrected chi connectivity index (χ1v) is 11.4. The molecule has 0 unspecified atom stereocenters. The van der Waals surface area contributed by atoms with Crippen molar-refractivity contribution in [2.75, 3.05) is 10.8 Å². The van der Waals surface area contributed by atoms with Crippen LogP contribution in [-0.4, -0.2) is 20.9 Å². The fourth-order valence-corrected chi connectivity index (χ4v) is 4.78. The van der Waals surface area contributed by atoms with Crippen LogP contribution in [0.3, 0.4) is 0 Å². The van der Waals surface area contributed by atoms with Crippen LogP contribution in [-0.2, 0) is 27.8 Å². The smallest absolute Gasteiger partial charge is 0.264 e. The first-order chi connectivity index (χ1) is 14.4. The maximum atomic E-state index is 13.4. The van der Waals surface area contributed by atoms with Crippen LogP contribution in [0.4, 0.5) is 5.69 Å². The lowest BCUT2D eigenvalue weighted by Crippen LogP contribution is -2.41. The average Bonchev–Trinajstić information content (AvgIpc) is 2.77. The largest absolute Gasteiger partial charge is 0.350 e. The summed E-state index contributed by atoms with van der Waals surface area (Å²) in [6.07, 6.45) is 0.637. The Bertz CT molecular complexity index is 1120. The van der Waals surface area contributed by atoms with Gasteiger partial charge < -0.3 is 5.32 Å². The molecule has 30 heavy (non-hydrogen) atoms. The molecule has 156 valence electrons. The Hall–Kier alpha value is -2.83. The number of carbonyl (C=O) groups is 1. The second kappa shape index (κ2) is 9.78. The maximum Gasteiger partial charge on any atom is 0.264 e. The van der Waals surface area contributed by atoms with E-state index in [2.05, 4.69) is 5.32 Å². The molecule has 5 nitrogen and oxygen atoms in total. The third kappa shape index (κ3) is 5.01. The van der Waals surface area contributed by atoms with E-state index >= 15 is 0 Å². The summed E-state index contributed by atoms with van der Waals surface area (Å²) in [6, 6.07) is 22.5. The normalized spacial score (nSPS) is 11.1. The number of anilines is 1. The van der Waals surface area contributed by atoms with Crippen LogP contribution in [0.25, 0.3) is 0 Å². The Kier molecular flexibility index (Phi) is 7.13. The number of carbonyl (C=O) groups excluding carboxylic acids is 1. The molecule has 0 fully saturated rings. The van der Waals surface area contributed by atoms with Crippen molar-refractivity contribution in [1.82, 2.24) is 5.32 Å². The standard InChI is InChI=1S/C23H23ClN2O3S/c1-2-18-10-7-9-15-22(18)26(30(28,29)20-12-4-3-5-13-20)17-23(27)25-16-19-11-6-8-14-21(19)24/h3-15H,2,16-17H2,1H3,(H,25,27). The van der Waals surface area contributed by atoms with Gasteiger partial charge in [-0.3, -0.25) is 9.10 Å². The van der Waals surface area contributed by atoms with E-state index in [1.54, 1.807) is 36.4 Å². The molecule has 0 spiro atoms. The molecule has 0 aliphatic heterocycles. The molecule has 0 aliphatic carbocycles. The number of hydrogen-bond acceptors (Lipinski definition) is 3. The number of para-hydroxylation sites is 1. The minimum atomic E-state index is -3.93. The molecule has 3 rings (SSSR count). The molecule has 3 aromatic carbocycles. The van der Waals surface area contributed by atoms with Gasteiger partial charge in [-0.2, -0.15) is 0 Å². The number of rotatable bonds is 8. The van der Waals surface area contributed by atoms with Gasteiger partial charge in [-0.15, -0.1) is 0 Å². The number of nitrogens with one attached hydrogen (secondary N) is 1. The maximum absolute atomic E-state index is 13.4. The lowest BCUT2D eigenvalue weighted by atomic mass is 10.1. The van der Waals surface area contributed by atoms with Crippen LogP contribution >= 0.6 is 11.6 Å². The Morgan fingerprint density at radius 3 is 2.17 bits per heavy atom. The summed E-state index contributed by atoms with van der Waals surface area (Å²) in [5.74, 6) is -0.416. The summed E-state index contributed by atoms with van der Waals surface area (Å²) >= 11 is 6.14. The highest BCUT2D eigenvalue weighted by Crippen LogP contribution is 2.27. The molecule has 0 aromatic heterocycles. The van der Waals surface area contributed by atoms with Crippen molar-refractivity contribution in [3.05, 3.63) is 95.0 Å². The number of aryl methyl sites for hydroxylation is 1. The molecular formula is C23H23ClN2O3S. The van der Waals surface area contributed by atoms with Crippen LogP contribution in [0.5, 0.6) is 0 Å². The minimum absolute atomic E-state index is 0.134. The van der Waals surface area contributed by atoms with Gasteiger partial charge in [-0.1, -0.05) is 73.1 Å². The third-order valence-corrected chi connectivity index (χ3v) is 6.84. The van der Waals surface area contributed by atoms with Gasteiger partial charge in [-0.25, -0.2) is 8.42 Å². The number of hydrogen-bond donors (Lipinski definition) is 1. The van der Waals surface area contributed by atoms with Gasteiger partial charge in [0.25, 0.3) is 10.0 Å². The molecule has 7 heteroatoms. The Morgan fingerprint density at radius 2 is 1.50 bits per heavy atom. The molecule has 0 radical (unpaired) electrons. The van der Waals surface area contributed by atoms with E-state index in [-0.39, 0.29) is 18.0 Å². The molecule has 1 N–H and O–H groups in total. The van der Waals surface area contributed by atoms with Gasteiger partial charge in [0.1, 0.15) is 6.54 Å². The highest BCUT2D eigenvalue weighted by Gasteiger charge is 2.28. The summed E-state index contributed by atoms with van der Waals surface area (Å²) in [7, 11) is -3.93. The van der Waals surface area contributed by atoms with Crippen LogP contribution in [0, 0.1) is 0 Å². The number of halogens is 1. The lowest BCUT2D eigenvalue weighted by molar-refractivity contribution is -0.119. The zero-order valence-electron chi connectivity index (χ0n) is 16.6. The first kappa shape index (κ1) is 21.9. The van der Waals surface area contributed by atoms with Crippen LogP contribution in [0.15, 0.2) is 83.8 Å². The van der Waals surface area contributed by atoms with Gasteiger partial charge in [0.15, 0.2) is 0 Å². The summed E-state index contributed by atoms with van der Waals surface area (Å²) in [5, 5.41) is 3.32. The molecule has 0 bridgehead atoms. The van der Waals surface area contributed by atoms with Crippen molar-refractivity contribution in [2.24, 2.45) is 0 Å². The molecular weight excluding hydrogens is 420 g/mol. The van der Waals surface area contributed by atoms with Crippen molar-refractivity contribution >= 4 is 33.2 Å². The van der Waals surface area contributed by atoms with Gasteiger partial charge >= 0.3 is 0 Å². The molecule has 1 amide bonds. The lowest BCUT2D eigenvalue weighted by Gasteiger charge is -2.26. The van der Waals surface area contributed by atoms with Crippen molar-refractivity contribution in [1.29, 1.82) is 0 Å². The Balaban J connectivity index is 1.90. The summed E-state index contributed by atoms with van der Waals surface area (Å²) in [5.41, 5.74) is 2.10. The zero-order valence-corrected chi connectivity index (χ0v) is 18.2.